The highest BCUT2D eigenvalue weighted by atomic mass is 16.2. The maximum absolute atomic E-state index is 12.2. The van der Waals surface area contributed by atoms with E-state index in [0.29, 0.717) is 6.42 Å². The fourth-order valence-corrected chi connectivity index (χ4v) is 3.04. The van der Waals surface area contributed by atoms with Crippen LogP contribution in [0.25, 0.3) is 5.57 Å². The molecule has 0 spiro atoms. The van der Waals surface area contributed by atoms with E-state index < -0.39 is 17.9 Å². The zero-order valence-electron chi connectivity index (χ0n) is 14.2. The molecule has 1 unspecified atom stereocenters. The van der Waals surface area contributed by atoms with Gasteiger partial charge in [0.2, 0.25) is 11.8 Å². The Kier molecular flexibility index (Phi) is 5.23. The van der Waals surface area contributed by atoms with Gasteiger partial charge in [-0.25, -0.2) is 0 Å². The fourth-order valence-electron chi connectivity index (χ4n) is 3.04. The van der Waals surface area contributed by atoms with Crippen LogP contribution in [-0.2, 0) is 9.59 Å². The number of likely N-dealkylation sites (N-methyl/N-ethyl adjacent to an activating group) is 1. The molecular formula is C18H26N4O3. The molecule has 2 aliphatic rings. The van der Waals surface area contributed by atoms with Gasteiger partial charge in [-0.2, -0.15) is 0 Å². The third kappa shape index (κ3) is 4.11. The van der Waals surface area contributed by atoms with Crippen LogP contribution < -0.4 is 10.6 Å². The van der Waals surface area contributed by atoms with Crippen LogP contribution in [-0.4, -0.2) is 53.3 Å². The van der Waals surface area contributed by atoms with Gasteiger partial charge in [0.25, 0.3) is 5.91 Å². The number of pyridine rings is 1. The van der Waals surface area contributed by atoms with E-state index >= 15 is 0 Å². The summed E-state index contributed by atoms with van der Waals surface area (Å²) >= 11 is 0. The molecule has 3 heterocycles. The van der Waals surface area contributed by atoms with Crippen LogP contribution >= 0.6 is 0 Å². The van der Waals surface area contributed by atoms with Crippen molar-refractivity contribution < 1.29 is 17.2 Å². The molecule has 2 aliphatic heterocycles. The minimum absolute atomic E-state index is 0. The maximum Gasteiger partial charge on any atom is 0.270 e. The van der Waals surface area contributed by atoms with Gasteiger partial charge in [0, 0.05) is 28.6 Å². The van der Waals surface area contributed by atoms with Crippen molar-refractivity contribution in [1.29, 1.82) is 0 Å². The quantitative estimate of drug-likeness (QED) is 0.800. The van der Waals surface area contributed by atoms with Gasteiger partial charge in [0.05, 0.1) is 0 Å². The topological polar surface area (TPSA) is 91.4 Å². The first kappa shape index (κ1) is 17.3. The van der Waals surface area contributed by atoms with E-state index in [2.05, 4.69) is 33.5 Å². The minimum atomic E-state index is -0.687. The summed E-state index contributed by atoms with van der Waals surface area (Å²) in [6, 6.07) is 2.87. The summed E-state index contributed by atoms with van der Waals surface area (Å²) in [7, 11) is 0. The number of hydrogen-bond acceptors (Lipinski definition) is 5. The molecule has 1 fully saturated rings. The first-order chi connectivity index (χ1) is 12.1. The second-order valence-electron chi connectivity index (χ2n) is 6.28. The number of nitrogens with zero attached hydrogens (tertiary/aromatic N) is 2. The lowest BCUT2D eigenvalue weighted by molar-refractivity contribution is -0.134. The Balaban J connectivity index is 0.00000182. The minimum Gasteiger partial charge on any atom is -0.339 e. The second-order valence-corrected chi connectivity index (χ2v) is 6.28. The van der Waals surface area contributed by atoms with E-state index in [1.165, 1.54) is 5.57 Å². The highest BCUT2D eigenvalue weighted by Gasteiger charge is 2.28. The Morgan fingerprint density at radius 3 is 2.84 bits per heavy atom. The van der Waals surface area contributed by atoms with Crippen molar-refractivity contribution in [2.45, 2.75) is 32.2 Å². The summed E-state index contributed by atoms with van der Waals surface area (Å²) in [6.07, 6.45) is 5.42. The molecule has 136 valence electrons. The van der Waals surface area contributed by atoms with E-state index in [4.69, 9.17) is 0 Å². The van der Waals surface area contributed by atoms with Crippen molar-refractivity contribution in [1.82, 2.24) is 20.5 Å². The lowest BCUT2D eigenvalue weighted by Crippen LogP contribution is -2.52. The normalized spacial score (nSPS) is 21.5. The van der Waals surface area contributed by atoms with Gasteiger partial charge in [-0.1, -0.05) is 19.1 Å². The van der Waals surface area contributed by atoms with Gasteiger partial charge in [-0.15, -0.1) is 0 Å². The van der Waals surface area contributed by atoms with Crippen molar-refractivity contribution in [3.8, 4) is 0 Å². The zero-order valence-corrected chi connectivity index (χ0v) is 14.2. The number of aromatic nitrogens is 1. The number of amides is 3. The summed E-state index contributed by atoms with van der Waals surface area (Å²) < 4.78 is 0. The summed E-state index contributed by atoms with van der Waals surface area (Å²) in [4.78, 5) is 41.7. The summed E-state index contributed by atoms with van der Waals surface area (Å²) in [5.74, 6) is -1.18. The summed E-state index contributed by atoms with van der Waals surface area (Å²) in [5.41, 5.74) is 2.53. The number of rotatable bonds is 4. The third-order valence-electron chi connectivity index (χ3n) is 4.65. The average molecular weight is 346 g/mol. The standard InChI is InChI=1S/C18H22N4O3.2H2/c1-2-22-9-7-12(8-10-22)13-3-4-14(19-11-13)17(24)20-15-5-6-16(23)21-18(15)25;;/h3-4,7,11,15H,2,5-6,8-10H2,1H3,(H,20,24)(H,21,23,25);2*1H. The highest BCUT2D eigenvalue weighted by molar-refractivity contribution is 6.03. The van der Waals surface area contributed by atoms with Crippen molar-refractivity contribution in [2.24, 2.45) is 0 Å². The number of nitrogens with one attached hydrogen (secondary N) is 2. The van der Waals surface area contributed by atoms with Crippen LogP contribution in [0.2, 0.25) is 0 Å². The predicted molar refractivity (Wildman–Crippen MR) is 96.8 cm³/mol. The number of carbonyl (C=O) groups is 3. The van der Waals surface area contributed by atoms with Crippen molar-refractivity contribution >= 4 is 23.3 Å². The largest absolute Gasteiger partial charge is 0.339 e. The molecule has 0 saturated carbocycles. The molecule has 0 radical (unpaired) electrons. The van der Waals surface area contributed by atoms with Crippen molar-refractivity contribution in [3.05, 3.63) is 35.7 Å². The average Bonchev–Trinajstić information content (AvgIpc) is 2.64. The lowest BCUT2D eigenvalue weighted by atomic mass is 10.0. The van der Waals surface area contributed by atoms with Crippen LogP contribution in [0.5, 0.6) is 0 Å². The molecule has 1 aromatic heterocycles. The monoisotopic (exact) mass is 346 g/mol. The van der Waals surface area contributed by atoms with Gasteiger partial charge in [-0.05, 0) is 36.6 Å². The molecular weight excluding hydrogens is 320 g/mol. The van der Waals surface area contributed by atoms with Gasteiger partial charge < -0.3 is 5.32 Å². The van der Waals surface area contributed by atoms with E-state index in [-0.39, 0.29) is 20.9 Å². The van der Waals surface area contributed by atoms with Gasteiger partial charge in [-0.3, -0.25) is 29.6 Å². The van der Waals surface area contributed by atoms with E-state index in [0.717, 1.165) is 31.6 Å². The first-order valence-corrected chi connectivity index (χ1v) is 8.59. The number of imide groups is 1. The highest BCUT2D eigenvalue weighted by Crippen LogP contribution is 2.21. The van der Waals surface area contributed by atoms with Crippen molar-refractivity contribution in [2.75, 3.05) is 19.6 Å². The molecule has 1 aromatic rings. The van der Waals surface area contributed by atoms with Crippen LogP contribution in [0.1, 0.15) is 45.1 Å². The Hall–Kier alpha value is -2.54. The molecule has 7 heteroatoms. The van der Waals surface area contributed by atoms with Gasteiger partial charge >= 0.3 is 0 Å². The number of piperidine rings is 1. The number of hydrogen-bond donors (Lipinski definition) is 2. The zero-order chi connectivity index (χ0) is 17.8. The van der Waals surface area contributed by atoms with E-state index in [9.17, 15) is 14.4 Å². The molecule has 3 amide bonds. The Morgan fingerprint density at radius 2 is 2.24 bits per heavy atom. The third-order valence-corrected chi connectivity index (χ3v) is 4.65. The molecule has 7 nitrogen and oxygen atoms in total. The van der Waals surface area contributed by atoms with Crippen LogP contribution in [0, 0.1) is 0 Å². The molecule has 1 atom stereocenters. The van der Waals surface area contributed by atoms with E-state index in [1.807, 2.05) is 6.07 Å². The molecule has 2 N–H and O–H groups in total. The smallest absolute Gasteiger partial charge is 0.270 e. The molecule has 3 rings (SSSR count). The Morgan fingerprint density at radius 1 is 1.40 bits per heavy atom. The van der Waals surface area contributed by atoms with Crippen LogP contribution in [0.15, 0.2) is 24.4 Å². The van der Waals surface area contributed by atoms with Gasteiger partial charge in [0.1, 0.15) is 11.7 Å². The maximum atomic E-state index is 12.2. The Bertz CT molecular complexity index is 722. The van der Waals surface area contributed by atoms with E-state index in [1.54, 1.807) is 12.3 Å². The van der Waals surface area contributed by atoms with Crippen LogP contribution in [0.3, 0.4) is 0 Å². The van der Waals surface area contributed by atoms with Crippen molar-refractivity contribution in [3.63, 3.8) is 0 Å². The molecule has 0 aliphatic carbocycles. The fraction of sp³-hybridized carbons (Fsp3) is 0.444. The molecule has 0 aromatic carbocycles. The SMILES string of the molecule is CCN1CC=C(c2ccc(C(=O)NC3CCC(=O)NC3=O)nc2)CC1.[HH].[HH]. The summed E-state index contributed by atoms with van der Waals surface area (Å²) in [5, 5.41) is 4.85. The first-order valence-electron chi connectivity index (χ1n) is 8.59. The Labute approximate surface area is 149 Å². The summed E-state index contributed by atoms with van der Waals surface area (Å²) in [6.45, 7) is 5.15. The molecule has 25 heavy (non-hydrogen) atoms. The predicted octanol–water partition coefficient (Wildman–Crippen LogP) is 1.22. The molecule has 0 bridgehead atoms. The van der Waals surface area contributed by atoms with Gasteiger partial charge in [0.15, 0.2) is 0 Å². The van der Waals surface area contributed by atoms with Crippen LogP contribution in [0.4, 0.5) is 0 Å². The second kappa shape index (κ2) is 7.57. The molecule has 1 saturated heterocycles. The number of carbonyl (C=O) groups excluding carboxylic acids is 3. The lowest BCUT2D eigenvalue weighted by Gasteiger charge is -2.24.